The van der Waals surface area contributed by atoms with Crippen molar-refractivity contribution in [2.75, 3.05) is 12.1 Å². The van der Waals surface area contributed by atoms with Crippen LogP contribution in [0.25, 0.3) is 16.9 Å². The van der Waals surface area contributed by atoms with E-state index >= 15 is 0 Å². The summed E-state index contributed by atoms with van der Waals surface area (Å²) in [5.74, 6) is 2.38. The highest BCUT2D eigenvalue weighted by molar-refractivity contribution is 6.30. The fourth-order valence-electron chi connectivity index (χ4n) is 3.19. The van der Waals surface area contributed by atoms with Crippen LogP contribution in [0, 0.1) is 6.92 Å². The number of fused-ring (bicyclic) bond motifs is 2. The standard InChI is InChI=1S/C21H16ClN3O2/c1-13-2-9-19-24-20(14-3-5-15(22)6-4-14)21(25(19)11-13)23-16-7-8-17-18(10-16)27-12-26-17/h2-11,23H,12H2,1H3. The molecule has 0 saturated carbocycles. The number of hydrogen-bond acceptors (Lipinski definition) is 4. The second-order valence-electron chi connectivity index (χ2n) is 6.44. The van der Waals surface area contributed by atoms with E-state index in [1.807, 2.05) is 48.5 Å². The van der Waals surface area contributed by atoms with Gasteiger partial charge in [0.25, 0.3) is 0 Å². The van der Waals surface area contributed by atoms with Gasteiger partial charge in [0, 0.05) is 28.5 Å². The lowest BCUT2D eigenvalue weighted by Crippen LogP contribution is -1.97. The van der Waals surface area contributed by atoms with Gasteiger partial charge in [-0.05, 0) is 42.8 Å². The molecular weight excluding hydrogens is 362 g/mol. The predicted octanol–water partition coefficient (Wildman–Crippen LogP) is 5.44. The number of imidazole rings is 1. The van der Waals surface area contributed by atoms with Crippen molar-refractivity contribution in [2.45, 2.75) is 6.92 Å². The zero-order valence-corrected chi connectivity index (χ0v) is 15.3. The summed E-state index contributed by atoms with van der Waals surface area (Å²) >= 11 is 6.06. The van der Waals surface area contributed by atoms with E-state index in [1.165, 1.54) is 0 Å². The van der Waals surface area contributed by atoms with Crippen molar-refractivity contribution in [1.29, 1.82) is 0 Å². The quantitative estimate of drug-likeness (QED) is 0.516. The van der Waals surface area contributed by atoms with E-state index in [0.29, 0.717) is 5.02 Å². The number of aryl methyl sites for hydroxylation is 1. The first-order valence-electron chi connectivity index (χ1n) is 8.59. The van der Waals surface area contributed by atoms with Crippen molar-refractivity contribution < 1.29 is 9.47 Å². The van der Waals surface area contributed by atoms with Crippen LogP contribution in [0.1, 0.15) is 5.56 Å². The van der Waals surface area contributed by atoms with Gasteiger partial charge in [0.05, 0.1) is 0 Å². The molecule has 2 aromatic heterocycles. The van der Waals surface area contributed by atoms with Gasteiger partial charge in [-0.25, -0.2) is 4.98 Å². The molecule has 27 heavy (non-hydrogen) atoms. The zero-order chi connectivity index (χ0) is 18.4. The summed E-state index contributed by atoms with van der Waals surface area (Å²) in [7, 11) is 0. The molecule has 5 nitrogen and oxygen atoms in total. The molecule has 4 aromatic rings. The number of nitrogens with one attached hydrogen (secondary N) is 1. The van der Waals surface area contributed by atoms with Crippen molar-refractivity contribution in [3.8, 4) is 22.8 Å². The monoisotopic (exact) mass is 377 g/mol. The second kappa shape index (κ2) is 6.21. The van der Waals surface area contributed by atoms with Crippen LogP contribution < -0.4 is 14.8 Å². The lowest BCUT2D eigenvalue weighted by atomic mass is 10.1. The summed E-state index contributed by atoms with van der Waals surface area (Å²) in [5, 5.41) is 4.20. The molecule has 2 aromatic carbocycles. The molecule has 0 radical (unpaired) electrons. The van der Waals surface area contributed by atoms with E-state index < -0.39 is 0 Å². The van der Waals surface area contributed by atoms with Gasteiger partial charge >= 0.3 is 0 Å². The topological polar surface area (TPSA) is 47.8 Å². The minimum atomic E-state index is 0.254. The van der Waals surface area contributed by atoms with Crippen LogP contribution in [0.2, 0.25) is 5.02 Å². The average Bonchev–Trinajstić information content (AvgIpc) is 3.27. The van der Waals surface area contributed by atoms with Gasteiger partial charge in [0.2, 0.25) is 6.79 Å². The number of anilines is 2. The van der Waals surface area contributed by atoms with Crippen LogP contribution in [0.4, 0.5) is 11.5 Å². The van der Waals surface area contributed by atoms with Crippen LogP contribution in [-0.2, 0) is 0 Å². The fourth-order valence-corrected chi connectivity index (χ4v) is 3.32. The molecule has 3 heterocycles. The van der Waals surface area contributed by atoms with Crippen molar-refractivity contribution in [3.63, 3.8) is 0 Å². The molecule has 0 unspecified atom stereocenters. The summed E-state index contributed by atoms with van der Waals surface area (Å²) in [6, 6.07) is 17.6. The Morgan fingerprint density at radius 1 is 1.00 bits per heavy atom. The van der Waals surface area contributed by atoms with E-state index in [1.54, 1.807) is 0 Å². The Labute approximate surface area is 161 Å². The molecule has 0 aliphatic carbocycles. The molecule has 1 aliphatic rings. The summed E-state index contributed by atoms with van der Waals surface area (Å²) < 4.78 is 13.0. The number of hydrogen-bond donors (Lipinski definition) is 1. The number of halogens is 1. The third-order valence-corrected chi connectivity index (χ3v) is 4.77. The number of nitrogens with zero attached hydrogens (tertiary/aromatic N) is 2. The molecular formula is C21H16ClN3O2. The molecule has 1 aliphatic heterocycles. The van der Waals surface area contributed by atoms with Crippen LogP contribution in [0.3, 0.4) is 0 Å². The minimum absolute atomic E-state index is 0.254. The van der Waals surface area contributed by atoms with Gasteiger partial charge in [-0.3, -0.25) is 4.40 Å². The van der Waals surface area contributed by atoms with Gasteiger partial charge in [0.1, 0.15) is 17.2 Å². The third-order valence-electron chi connectivity index (χ3n) is 4.52. The number of rotatable bonds is 3. The van der Waals surface area contributed by atoms with Crippen LogP contribution >= 0.6 is 11.6 Å². The fraction of sp³-hybridized carbons (Fsp3) is 0.0952. The smallest absolute Gasteiger partial charge is 0.231 e. The lowest BCUT2D eigenvalue weighted by Gasteiger charge is -2.10. The second-order valence-corrected chi connectivity index (χ2v) is 6.88. The normalized spacial score (nSPS) is 12.5. The van der Waals surface area contributed by atoms with Crippen LogP contribution in [0.15, 0.2) is 60.8 Å². The lowest BCUT2D eigenvalue weighted by molar-refractivity contribution is 0.174. The Morgan fingerprint density at radius 2 is 1.81 bits per heavy atom. The van der Waals surface area contributed by atoms with E-state index in [-0.39, 0.29) is 6.79 Å². The Kier molecular flexibility index (Phi) is 3.69. The molecule has 134 valence electrons. The number of ether oxygens (including phenoxy) is 2. The van der Waals surface area contributed by atoms with Crippen molar-refractivity contribution >= 4 is 28.8 Å². The van der Waals surface area contributed by atoms with Gasteiger partial charge in [-0.1, -0.05) is 29.8 Å². The van der Waals surface area contributed by atoms with Crippen LogP contribution in [0.5, 0.6) is 11.5 Å². The van der Waals surface area contributed by atoms with Gasteiger partial charge in [-0.15, -0.1) is 0 Å². The largest absolute Gasteiger partial charge is 0.454 e. The Bertz CT molecular complexity index is 1150. The molecule has 0 fully saturated rings. The molecule has 0 amide bonds. The molecule has 6 heteroatoms. The van der Waals surface area contributed by atoms with E-state index in [9.17, 15) is 0 Å². The molecule has 1 N–H and O–H groups in total. The first kappa shape index (κ1) is 16.0. The molecule has 0 atom stereocenters. The molecule has 0 bridgehead atoms. The molecule has 0 spiro atoms. The van der Waals surface area contributed by atoms with Crippen molar-refractivity contribution in [2.24, 2.45) is 0 Å². The highest BCUT2D eigenvalue weighted by Crippen LogP contribution is 2.37. The summed E-state index contributed by atoms with van der Waals surface area (Å²) in [5.41, 5.74) is 4.77. The molecule has 0 saturated heterocycles. The number of benzene rings is 2. The third kappa shape index (κ3) is 2.86. The summed E-state index contributed by atoms with van der Waals surface area (Å²) in [6.45, 7) is 2.31. The van der Waals surface area contributed by atoms with Crippen molar-refractivity contribution in [1.82, 2.24) is 9.38 Å². The van der Waals surface area contributed by atoms with Gasteiger partial charge in [0.15, 0.2) is 11.5 Å². The number of aromatic nitrogens is 2. The first-order chi connectivity index (χ1) is 13.2. The first-order valence-corrected chi connectivity index (χ1v) is 8.96. The average molecular weight is 378 g/mol. The van der Waals surface area contributed by atoms with Crippen molar-refractivity contribution in [3.05, 3.63) is 71.4 Å². The Morgan fingerprint density at radius 3 is 2.67 bits per heavy atom. The Hall–Kier alpha value is -3.18. The summed E-state index contributed by atoms with van der Waals surface area (Å²) in [4.78, 5) is 4.82. The maximum Gasteiger partial charge on any atom is 0.231 e. The van der Waals surface area contributed by atoms with Gasteiger partial charge in [-0.2, -0.15) is 0 Å². The SMILES string of the molecule is Cc1ccc2nc(-c3ccc(Cl)cc3)c(Nc3ccc4c(c3)OCO4)n2c1. The summed E-state index contributed by atoms with van der Waals surface area (Å²) in [6.07, 6.45) is 2.07. The highest BCUT2D eigenvalue weighted by Gasteiger charge is 2.17. The van der Waals surface area contributed by atoms with Gasteiger partial charge < -0.3 is 14.8 Å². The maximum atomic E-state index is 6.06. The zero-order valence-electron chi connectivity index (χ0n) is 14.6. The minimum Gasteiger partial charge on any atom is -0.454 e. The van der Waals surface area contributed by atoms with E-state index in [0.717, 1.165) is 45.5 Å². The predicted molar refractivity (Wildman–Crippen MR) is 106 cm³/mol. The Balaban J connectivity index is 1.65. The number of pyridine rings is 1. The highest BCUT2D eigenvalue weighted by atomic mass is 35.5. The van der Waals surface area contributed by atoms with E-state index in [2.05, 4.69) is 28.9 Å². The van der Waals surface area contributed by atoms with Crippen LogP contribution in [-0.4, -0.2) is 16.2 Å². The molecule has 5 rings (SSSR count). The maximum absolute atomic E-state index is 6.06. The van der Waals surface area contributed by atoms with E-state index in [4.69, 9.17) is 26.1 Å².